The van der Waals surface area contributed by atoms with E-state index in [1.807, 2.05) is 55.6 Å². The second-order valence-electron chi connectivity index (χ2n) is 6.04. The fourth-order valence-corrected chi connectivity index (χ4v) is 2.57. The number of halogens is 1. The van der Waals surface area contributed by atoms with Crippen LogP contribution in [0.3, 0.4) is 0 Å². The molecule has 0 amide bonds. The monoisotopic (exact) mass is 349 g/mol. The van der Waals surface area contributed by atoms with Crippen molar-refractivity contribution in [2.45, 2.75) is 20.5 Å². The summed E-state index contributed by atoms with van der Waals surface area (Å²) in [6.07, 6.45) is 1.83. The van der Waals surface area contributed by atoms with Gasteiger partial charge < -0.3 is 4.74 Å². The lowest BCUT2D eigenvalue weighted by atomic mass is 10.2. The Bertz CT molecular complexity index is 885. The number of nitrogens with zero attached hydrogens (tertiary/aromatic N) is 1. The fraction of sp³-hybridized carbons (Fsp3) is 0.136. The molecule has 0 saturated heterocycles. The largest absolute Gasteiger partial charge is 0.489 e. The molecule has 3 rings (SSSR count). The Balaban J connectivity index is 1.69. The second-order valence-corrected chi connectivity index (χ2v) is 6.47. The van der Waals surface area contributed by atoms with E-state index in [1.54, 1.807) is 0 Å². The van der Waals surface area contributed by atoms with Crippen molar-refractivity contribution in [3.63, 3.8) is 0 Å². The summed E-state index contributed by atoms with van der Waals surface area (Å²) in [5.74, 6) is 0.826. The molecule has 25 heavy (non-hydrogen) atoms. The van der Waals surface area contributed by atoms with Gasteiger partial charge >= 0.3 is 0 Å². The van der Waals surface area contributed by atoms with Crippen molar-refractivity contribution in [3.8, 4) is 5.75 Å². The molecule has 0 aliphatic heterocycles. The summed E-state index contributed by atoms with van der Waals surface area (Å²) >= 11 is 6.04. The Morgan fingerprint density at radius 1 is 0.960 bits per heavy atom. The molecule has 0 aliphatic carbocycles. The smallest absolute Gasteiger partial charge is 0.120 e. The molecular formula is C22H20ClNO. The molecule has 3 aromatic carbocycles. The molecule has 0 aliphatic rings. The van der Waals surface area contributed by atoms with Crippen molar-refractivity contribution < 1.29 is 4.74 Å². The molecule has 0 bridgehead atoms. The third-order valence-corrected chi connectivity index (χ3v) is 4.14. The third kappa shape index (κ3) is 4.94. The van der Waals surface area contributed by atoms with E-state index in [9.17, 15) is 0 Å². The quantitative estimate of drug-likeness (QED) is 0.496. The highest BCUT2D eigenvalue weighted by Crippen LogP contribution is 2.23. The Kier molecular flexibility index (Phi) is 5.52. The van der Waals surface area contributed by atoms with Crippen molar-refractivity contribution in [3.05, 3.63) is 94.0 Å². The lowest BCUT2D eigenvalue weighted by Crippen LogP contribution is -1.96. The molecule has 3 heteroatoms. The Morgan fingerprint density at radius 2 is 1.76 bits per heavy atom. The van der Waals surface area contributed by atoms with E-state index < -0.39 is 0 Å². The topological polar surface area (TPSA) is 21.6 Å². The number of ether oxygens (including phenoxy) is 1. The first-order valence-corrected chi connectivity index (χ1v) is 8.56. The molecular weight excluding hydrogens is 330 g/mol. The molecule has 3 aromatic rings. The van der Waals surface area contributed by atoms with Crippen molar-refractivity contribution in [1.29, 1.82) is 0 Å². The fourth-order valence-electron chi connectivity index (χ4n) is 2.40. The zero-order valence-electron chi connectivity index (χ0n) is 14.4. The third-order valence-electron chi connectivity index (χ3n) is 3.91. The summed E-state index contributed by atoms with van der Waals surface area (Å²) in [5, 5.41) is 0.688. The SMILES string of the molecule is Cc1ccc(COc2cccc(C=Nc3cc(Cl)ccc3C)c2)cc1. The zero-order chi connectivity index (χ0) is 17.6. The van der Waals surface area contributed by atoms with E-state index in [2.05, 4.69) is 36.2 Å². The van der Waals surface area contributed by atoms with Crippen LogP contribution in [0, 0.1) is 13.8 Å². The summed E-state index contributed by atoms with van der Waals surface area (Å²) < 4.78 is 5.88. The van der Waals surface area contributed by atoms with Gasteiger partial charge in [-0.25, -0.2) is 0 Å². The highest BCUT2D eigenvalue weighted by atomic mass is 35.5. The number of hydrogen-bond donors (Lipinski definition) is 0. The number of aliphatic imine (C=N–C) groups is 1. The predicted octanol–water partition coefficient (Wildman–Crippen LogP) is 6.29. The van der Waals surface area contributed by atoms with E-state index in [1.165, 1.54) is 5.56 Å². The summed E-state index contributed by atoms with van der Waals surface area (Å²) in [5.41, 5.74) is 5.35. The first kappa shape index (κ1) is 17.2. The molecule has 0 radical (unpaired) electrons. The van der Waals surface area contributed by atoms with Crippen LogP contribution in [0.15, 0.2) is 71.7 Å². The molecule has 2 nitrogen and oxygen atoms in total. The van der Waals surface area contributed by atoms with Gasteiger partial charge in [0.15, 0.2) is 0 Å². The van der Waals surface area contributed by atoms with Crippen LogP contribution in [0.25, 0.3) is 0 Å². The summed E-state index contributed by atoms with van der Waals surface area (Å²) in [6, 6.07) is 22.0. The van der Waals surface area contributed by atoms with Gasteiger partial charge in [0.2, 0.25) is 0 Å². The minimum absolute atomic E-state index is 0.550. The summed E-state index contributed by atoms with van der Waals surface area (Å²) in [4.78, 5) is 4.54. The van der Waals surface area contributed by atoms with Gasteiger partial charge in [-0.2, -0.15) is 0 Å². The molecule has 0 heterocycles. The van der Waals surface area contributed by atoms with Crippen molar-refractivity contribution in [2.75, 3.05) is 0 Å². The van der Waals surface area contributed by atoms with Gasteiger partial charge in [-0.3, -0.25) is 4.99 Å². The first-order chi connectivity index (χ1) is 12.1. The van der Waals surface area contributed by atoms with Crippen molar-refractivity contribution >= 4 is 23.5 Å². The molecule has 0 spiro atoms. The predicted molar refractivity (Wildman–Crippen MR) is 105 cm³/mol. The standard InChI is InChI=1S/C22H20ClNO/c1-16-6-9-18(10-7-16)15-25-21-5-3-4-19(12-21)14-24-22-13-20(23)11-8-17(22)2/h3-14H,15H2,1-2H3. The molecule has 0 N–H and O–H groups in total. The maximum absolute atomic E-state index is 6.04. The van der Waals surface area contributed by atoms with Crippen molar-refractivity contribution in [2.24, 2.45) is 4.99 Å². The second kappa shape index (κ2) is 8.00. The normalized spacial score (nSPS) is 11.0. The van der Waals surface area contributed by atoms with Gasteiger partial charge in [0.1, 0.15) is 12.4 Å². The van der Waals surface area contributed by atoms with E-state index in [0.29, 0.717) is 11.6 Å². The first-order valence-electron chi connectivity index (χ1n) is 8.19. The Morgan fingerprint density at radius 3 is 2.56 bits per heavy atom. The summed E-state index contributed by atoms with van der Waals surface area (Å²) in [6.45, 7) is 4.65. The lowest BCUT2D eigenvalue weighted by Gasteiger charge is -2.07. The van der Waals surface area contributed by atoms with Crippen LogP contribution < -0.4 is 4.74 Å². The van der Waals surface area contributed by atoms with E-state index in [-0.39, 0.29) is 0 Å². The van der Waals surface area contributed by atoms with E-state index in [4.69, 9.17) is 16.3 Å². The molecule has 0 saturated carbocycles. The highest BCUT2D eigenvalue weighted by Gasteiger charge is 1.99. The molecule has 0 atom stereocenters. The van der Waals surface area contributed by atoms with Gasteiger partial charge in [-0.05, 0) is 54.8 Å². The van der Waals surface area contributed by atoms with Crippen LogP contribution in [0.2, 0.25) is 5.02 Å². The maximum Gasteiger partial charge on any atom is 0.120 e. The van der Waals surface area contributed by atoms with Crippen molar-refractivity contribution in [1.82, 2.24) is 0 Å². The molecule has 0 aromatic heterocycles. The van der Waals surface area contributed by atoms with Gasteiger partial charge in [0.25, 0.3) is 0 Å². The van der Waals surface area contributed by atoms with Gasteiger partial charge in [-0.15, -0.1) is 0 Å². The molecule has 126 valence electrons. The minimum Gasteiger partial charge on any atom is -0.489 e. The number of rotatable bonds is 5. The van der Waals surface area contributed by atoms with Crippen LogP contribution in [0.4, 0.5) is 5.69 Å². The van der Waals surface area contributed by atoms with E-state index >= 15 is 0 Å². The van der Waals surface area contributed by atoms with Crippen LogP contribution in [-0.2, 0) is 6.61 Å². The maximum atomic E-state index is 6.04. The number of aryl methyl sites for hydroxylation is 2. The Hall–Kier alpha value is -2.58. The number of hydrogen-bond acceptors (Lipinski definition) is 2. The van der Waals surface area contributed by atoms with Gasteiger partial charge in [0, 0.05) is 11.2 Å². The zero-order valence-corrected chi connectivity index (χ0v) is 15.1. The minimum atomic E-state index is 0.550. The van der Waals surface area contributed by atoms with Crippen LogP contribution in [0.1, 0.15) is 22.3 Å². The average Bonchev–Trinajstić information content (AvgIpc) is 2.62. The van der Waals surface area contributed by atoms with Gasteiger partial charge in [-0.1, -0.05) is 59.6 Å². The molecule has 0 unspecified atom stereocenters. The van der Waals surface area contributed by atoms with E-state index in [0.717, 1.165) is 28.1 Å². The average molecular weight is 350 g/mol. The summed E-state index contributed by atoms with van der Waals surface area (Å²) in [7, 11) is 0. The highest BCUT2D eigenvalue weighted by molar-refractivity contribution is 6.30. The van der Waals surface area contributed by atoms with Crippen LogP contribution >= 0.6 is 11.6 Å². The number of benzene rings is 3. The van der Waals surface area contributed by atoms with Gasteiger partial charge in [0.05, 0.1) is 5.69 Å². The van der Waals surface area contributed by atoms with Crippen LogP contribution in [-0.4, -0.2) is 6.21 Å². The Labute approximate surface area is 153 Å². The lowest BCUT2D eigenvalue weighted by molar-refractivity contribution is 0.306. The van der Waals surface area contributed by atoms with Crippen LogP contribution in [0.5, 0.6) is 5.75 Å². The molecule has 0 fully saturated rings.